The van der Waals surface area contributed by atoms with Crippen molar-refractivity contribution in [3.05, 3.63) is 28.7 Å². The maximum atomic E-state index is 12.9. The van der Waals surface area contributed by atoms with Crippen LogP contribution < -0.4 is 5.76 Å². The molecule has 0 spiro atoms. The molecule has 0 aliphatic carbocycles. The van der Waals surface area contributed by atoms with Gasteiger partial charge in [0.15, 0.2) is 5.58 Å². The Hall–Kier alpha value is -1.60. The molecule has 2 aromatic rings. The highest BCUT2D eigenvalue weighted by molar-refractivity contribution is 7.89. The lowest BCUT2D eigenvalue weighted by molar-refractivity contribution is 0.222. The van der Waals surface area contributed by atoms with E-state index in [2.05, 4.69) is 13.8 Å². The van der Waals surface area contributed by atoms with E-state index in [9.17, 15) is 13.2 Å². The highest BCUT2D eigenvalue weighted by Crippen LogP contribution is 2.28. The van der Waals surface area contributed by atoms with Crippen molar-refractivity contribution in [2.45, 2.75) is 38.6 Å². The first-order chi connectivity index (χ1) is 10.8. The van der Waals surface area contributed by atoms with Crippen LogP contribution in [-0.2, 0) is 16.6 Å². The molecule has 126 valence electrons. The Morgan fingerprint density at radius 1 is 1.22 bits per heavy atom. The number of piperidine rings is 1. The summed E-state index contributed by atoms with van der Waals surface area (Å²) in [6, 6.07) is 4.66. The van der Waals surface area contributed by atoms with Gasteiger partial charge in [-0.3, -0.25) is 4.57 Å². The van der Waals surface area contributed by atoms with Gasteiger partial charge in [-0.1, -0.05) is 13.8 Å². The fourth-order valence-corrected chi connectivity index (χ4v) is 5.15. The van der Waals surface area contributed by atoms with Gasteiger partial charge in [-0.25, -0.2) is 13.2 Å². The molecule has 0 radical (unpaired) electrons. The number of hydrogen-bond donors (Lipinski definition) is 0. The van der Waals surface area contributed by atoms with Crippen LogP contribution in [0.25, 0.3) is 11.1 Å². The smallest absolute Gasteiger partial charge is 0.408 e. The van der Waals surface area contributed by atoms with E-state index < -0.39 is 15.8 Å². The second-order valence-corrected chi connectivity index (χ2v) is 8.45. The highest BCUT2D eigenvalue weighted by atomic mass is 32.2. The quantitative estimate of drug-likeness (QED) is 0.861. The van der Waals surface area contributed by atoms with Gasteiger partial charge in [0.1, 0.15) is 0 Å². The van der Waals surface area contributed by atoms with Gasteiger partial charge < -0.3 is 4.42 Å². The summed E-state index contributed by atoms with van der Waals surface area (Å²) >= 11 is 0. The predicted octanol–water partition coefficient (Wildman–Crippen LogP) is 2.28. The molecule has 1 fully saturated rings. The van der Waals surface area contributed by atoms with Crippen molar-refractivity contribution in [3.63, 3.8) is 0 Å². The molecule has 7 heteroatoms. The van der Waals surface area contributed by atoms with Crippen LogP contribution in [-0.4, -0.2) is 30.4 Å². The Morgan fingerprint density at radius 2 is 1.87 bits per heavy atom. The fourth-order valence-electron chi connectivity index (χ4n) is 3.46. The standard InChI is InChI=1S/C16H22N2O4S/c1-4-18-14-6-5-13(8-15(14)22-16(18)19)23(20,21)17-9-11(2)7-12(3)10-17/h5-6,8,11-12H,4,7,9-10H2,1-3H3/t11-,12-/m1/s1. The monoisotopic (exact) mass is 338 g/mol. The number of aryl methyl sites for hydroxylation is 1. The molecule has 23 heavy (non-hydrogen) atoms. The van der Waals surface area contributed by atoms with Crippen molar-refractivity contribution in [2.75, 3.05) is 13.1 Å². The van der Waals surface area contributed by atoms with Gasteiger partial charge in [-0.15, -0.1) is 0 Å². The second-order valence-electron chi connectivity index (χ2n) is 6.51. The minimum absolute atomic E-state index is 0.184. The molecule has 3 rings (SSSR count). The summed E-state index contributed by atoms with van der Waals surface area (Å²) in [4.78, 5) is 11.9. The van der Waals surface area contributed by atoms with Crippen LogP contribution >= 0.6 is 0 Å². The van der Waals surface area contributed by atoms with Gasteiger partial charge in [0.25, 0.3) is 0 Å². The van der Waals surface area contributed by atoms with Crippen molar-refractivity contribution in [2.24, 2.45) is 11.8 Å². The number of sulfonamides is 1. The molecule has 1 aromatic heterocycles. The zero-order valence-electron chi connectivity index (χ0n) is 13.7. The maximum Gasteiger partial charge on any atom is 0.419 e. The molecule has 2 atom stereocenters. The Balaban J connectivity index is 2.03. The minimum Gasteiger partial charge on any atom is -0.408 e. The van der Waals surface area contributed by atoms with Crippen LogP contribution in [0.3, 0.4) is 0 Å². The minimum atomic E-state index is -3.57. The van der Waals surface area contributed by atoms with Gasteiger partial charge in [-0.05, 0) is 37.3 Å². The van der Waals surface area contributed by atoms with E-state index in [1.165, 1.54) is 10.6 Å². The normalized spacial score (nSPS) is 23.4. The summed E-state index contributed by atoms with van der Waals surface area (Å²) in [5, 5.41) is 0. The number of hydrogen-bond acceptors (Lipinski definition) is 4. The summed E-state index contributed by atoms with van der Waals surface area (Å²) in [5.41, 5.74) is 0.938. The lowest BCUT2D eigenvalue weighted by Crippen LogP contribution is -2.42. The van der Waals surface area contributed by atoms with Gasteiger partial charge in [-0.2, -0.15) is 4.31 Å². The van der Waals surface area contributed by atoms with E-state index in [-0.39, 0.29) is 4.90 Å². The second kappa shape index (κ2) is 5.79. The van der Waals surface area contributed by atoms with Crippen LogP contribution in [0.15, 0.2) is 32.3 Å². The third-order valence-electron chi connectivity index (χ3n) is 4.43. The van der Waals surface area contributed by atoms with Crippen LogP contribution in [0.2, 0.25) is 0 Å². The molecule has 1 aliphatic heterocycles. The molecule has 2 heterocycles. The average Bonchev–Trinajstić information content (AvgIpc) is 2.80. The predicted molar refractivity (Wildman–Crippen MR) is 87.9 cm³/mol. The first-order valence-electron chi connectivity index (χ1n) is 7.96. The van der Waals surface area contributed by atoms with Gasteiger partial charge in [0.05, 0.1) is 10.4 Å². The molecule has 6 nitrogen and oxygen atoms in total. The number of benzene rings is 1. The molecule has 1 aliphatic rings. The van der Waals surface area contributed by atoms with Gasteiger partial charge in [0.2, 0.25) is 10.0 Å². The number of fused-ring (bicyclic) bond motifs is 1. The summed E-state index contributed by atoms with van der Waals surface area (Å²) in [6.07, 6.45) is 1.04. The molecule has 1 saturated heterocycles. The summed E-state index contributed by atoms with van der Waals surface area (Å²) < 4.78 is 34.0. The van der Waals surface area contributed by atoms with E-state index in [0.29, 0.717) is 42.6 Å². The Bertz CT molecular complexity index is 871. The summed E-state index contributed by atoms with van der Waals surface area (Å²) in [5.74, 6) is 0.227. The number of aromatic nitrogens is 1. The van der Waals surface area contributed by atoms with E-state index >= 15 is 0 Å². The molecule has 0 unspecified atom stereocenters. The zero-order valence-corrected chi connectivity index (χ0v) is 14.5. The van der Waals surface area contributed by atoms with E-state index in [1.807, 2.05) is 6.92 Å². The fraction of sp³-hybridized carbons (Fsp3) is 0.562. The Labute approximate surface area is 135 Å². The van der Waals surface area contributed by atoms with Crippen LogP contribution in [0.5, 0.6) is 0 Å². The van der Waals surface area contributed by atoms with Crippen molar-refractivity contribution in [1.82, 2.24) is 8.87 Å². The molecule has 0 amide bonds. The van der Waals surface area contributed by atoms with Crippen molar-refractivity contribution < 1.29 is 12.8 Å². The maximum absolute atomic E-state index is 12.9. The average molecular weight is 338 g/mol. The van der Waals surface area contributed by atoms with E-state index in [1.54, 1.807) is 16.4 Å². The van der Waals surface area contributed by atoms with E-state index in [0.717, 1.165) is 6.42 Å². The summed E-state index contributed by atoms with van der Waals surface area (Å²) in [6.45, 7) is 7.54. The van der Waals surface area contributed by atoms with Crippen LogP contribution in [0.4, 0.5) is 0 Å². The lowest BCUT2D eigenvalue weighted by Gasteiger charge is -2.34. The zero-order chi connectivity index (χ0) is 16.8. The van der Waals surface area contributed by atoms with Crippen molar-refractivity contribution >= 4 is 21.1 Å². The number of nitrogens with zero attached hydrogens (tertiary/aromatic N) is 2. The molecule has 0 N–H and O–H groups in total. The van der Waals surface area contributed by atoms with Crippen LogP contribution in [0, 0.1) is 11.8 Å². The van der Waals surface area contributed by atoms with Gasteiger partial charge >= 0.3 is 5.76 Å². The number of rotatable bonds is 3. The topological polar surface area (TPSA) is 72.5 Å². The van der Waals surface area contributed by atoms with Crippen molar-refractivity contribution in [3.8, 4) is 0 Å². The number of oxazole rings is 1. The molecule has 0 bridgehead atoms. The molecular weight excluding hydrogens is 316 g/mol. The van der Waals surface area contributed by atoms with Gasteiger partial charge in [0, 0.05) is 25.7 Å². The SMILES string of the molecule is CCn1c(=O)oc2cc(S(=O)(=O)N3C[C@H](C)C[C@@H](C)C3)ccc21. The molecular formula is C16H22N2O4S. The molecule has 0 saturated carbocycles. The molecule has 1 aromatic carbocycles. The third-order valence-corrected chi connectivity index (χ3v) is 6.26. The lowest BCUT2D eigenvalue weighted by atomic mass is 9.94. The third kappa shape index (κ3) is 2.83. The first-order valence-corrected chi connectivity index (χ1v) is 9.40. The summed E-state index contributed by atoms with van der Waals surface area (Å²) in [7, 11) is -3.57. The van der Waals surface area contributed by atoms with Crippen molar-refractivity contribution in [1.29, 1.82) is 0 Å². The Morgan fingerprint density at radius 3 is 2.48 bits per heavy atom. The van der Waals surface area contributed by atoms with Crippen LogP contribution in [0.1, 0.15) is 27.2 Å². The first kappa shape index (κ1) is 16.3. The Kier molecular flexibility index (Phi) is 4.10. The highest BCUT2D eigenvalue weighted by Gasteiger charge is 2.32. The van der Waals surface area contributed by atoms with E-state index in [4.69, 9.17) is 4.42 Å². The largest absolute Gasteiger partial charge is 0.419 e.